The van der Waals surface area contributed by atoms with Crippen LogP contribution in [0.1, 0.15) is 0 Å². The van der Waals surface area contributed by atoms with Crippen LogP contribution in [0.2, 0.25) is 0 Å². The van der Waals surface area contributed by atoms with E-state index in [1.807, 2.05) is 0 Å². The van der Waals surface area contributed by atoms with Crippen LogP contribution in [0.15, 0.2) is 0 Å². The van der Waals surface area contributed by atoms with Gasteiger partial charge in [-0.15, -0.1) is 0 Å². The van der Waals surface area contributed by atoms with Gasteiger partial charge in [0.05, 0.1) is 12.9 Å². The lowest BCUT2D eigenvalue weighted by Crippen LogP contribution is -2.59. The molecule has 0 aliphatic carbocycles. The Morgan fingerprint density at radius 1 is 1.25 bits per heavy atom. The molecule has 0 spiro atoms. The molecule has 1 unspecified atom stereocenters. The summed E-state index contributed by atoms with van der Waals surface area (Å²) in [6.07, 6.45) is -7.03. The Hall–Kier alpha value is -0.290. The number of aliphatic hydroxyl groups is 4. The first-order chi connectivity index (χ1) is 7.26. The van der Waals surface area contributed by atoms with E-state index in [9.17, 15) is 23.7 Å². The molecule has 1 aliphatic heterocycles. The highest BCUT2D eigenvalue weighted by molar-refractivity contribution is 7.86. The molecule has 0 aromatic carbocycles. The predicted molar refractivity (Wildman–Crippen MR) is 49.7 cm³/mol. The van der Waals surface area contributed by atoms with Gasteiger partial charge in [0.1, 0.15) is 18.3 Å². The second kappa shape index (κ2) is 4.92. The Morgan fingerprint density at radius 2 is 1.81 bits per heavy atom. The lowest BCUT2D eigenvalue weighted by Gasteiger charge is -2.38. The second-order valence-corrected chi connectivity index (χ2v) is 5.09. The number of hydrogen-bond donors (Lipinski definition) is 4. The summed E-state index contributed by atoms with van der Waals surface area (Å²) >= 11 is 0. The highest BCUT2D eigenvalue weighted by Crippen LogP contribution is 2.23. The number of rotatable bonds is 3. The third-order valence-corrected chi connectivity index (χ3v) is 2.70. The van der Waals surface area contributed by atoms with Crippen LogP contribution in [0.4, 0.5) is 0 Å². The van der Waals surface area contributed by atoms with Crippen molar-refractivity contribution in [2.24, 2.45) is 0 Å². The van der Waals surface area contributed by atoms with E-state index in [2.05, 4.69) is 8.92 Å². The summed E-state index contributed by atoms with van der Waals surface area (Å²) in [5, 5.41) is 37.0. The molecular weight excluding hydrogens is 244 g/mol. The van der Waals surface area contributed by atoms with Gasteiger partial charge in [-0.05, 0) is 0 Å². The maximum Gasteiger partial charge on any atom is 0.264 e. The molecule has 16 heavy (non-hydrogen) atoms. The monoisotopic (exact) mass is 258 g/mol. The zero-order chi connectivity index (χ0) is 12.5. The zero-order valence-electron chi connectivity index (χ0n) is 8.42. The van der Waals surface area contributed by atoms with Crippen LogP contribution in [0, 0.1) is 0 Å². The van der Waals surface area contributed by atoms with Gasteiger partial charge >= 0.3 is 0 Å². The largest absolute Gasteiger partial charge is 0.394 e. The minimum atomic E-state index is -3.91. The van der Waals surface area contributed by atoms with E-state index in [1.54, 1.807) is 0 Å². The Bertz CT molecular complexity index is 327. The van der Waals surface area contributed by atoms with Crippen molar-refractivity contribution in [2.75, 3.05) is 12.9 Å². The molecule has 1 aliphatic rings. The molecule has 96 valence electrons. The van der Waals surface area contributed by atoms with Crippen LogP contribution < -0.4 is 0 Å². The van der Waals surface area contributed by atoms with Crippen molar-refractivity contribution in [2.45, 2.75) is 30.7 Å². The lowest BCUT2D eigenvalue weighted by molar-refractivity contribution is -0.279. The zero-order valence-corrected chi connectivity index (χ0v) is 9.24. The Morgan fingerprint density at radius 3 is 2.25 bits per heavy atom. The first-order valence-corrected chi connectivity index (χ1v) is 6.26. The van der Waals surface area contributed by atoms with Crippen molar-refractivity contribution < 1.29 is 37.8 Å². The summed E-state index contributed by atoms with van der Waals surface area (Å²) in [6, 6.07) is 0. The van der Waals surface area contributed by atoms with E-state index in [0.717, 1.165) is 6.26 Å². The Balaban J connectivity index is 2.80. The summed E-state index contributed by atoms with van der Waals surface area (Å²) in [4.78, 5) is 0. The van der Waals surface area contributed by atoms with E-state index in [-0.39, 0.29) is 0 Å². The smallest absolute Gasteiger partial charge is 0.264 e. The quantitative estimate of drug-likeness (QED) is 0.388. The summed E-state index contributed by atoms with van der Waals surface area (Å²) in [5.74, 6) is 0. The molecule has 1 fully saturated rings. The molecule has 1 saturated heterocycles. The molecule has 0 bridgehead atoms. The predicted octanol–water partition coefficient (Wildman–Crippen LogP) is -3.24. The van der Waals surface area contributed by atoms with Crippen LogP contribution in [0.3, 0.4) is 0 Å². The average Bonchev–Trinajstić information content (AvgIpc) is 2.17. The van der Waals surface area contributed by atoms with E-state index in [4.69, 9.17) is 5.11 Å². The van der Waals surface area contributed by atoms with Crippen LogP contribution in [0.25, 0.3) is 0 Å². The van der Waals surface area contributed by atoms with E-state index >= 15 is 0 Å². The van der Waals surface area contributed by atoms with Crippen molar-refractivity contribution in [1.82, 2.24) is 0 Å². The molecule has 8 nitrogen and oxygen atoms in total. The summed E-state index contributed by atoms with van der Waals surface area (Å²) in [7, 11) is -3.91. The van der Waals surface area contributed by atoms with Crippen molar-refractivity contribution in [3.05, 3.63) is 0 Å². The van der Waals surface area contributed by atoms with Crippen LogP contribution in [-0.2, 0) is 19.0 Å². The molecular formula is C7H14O8S. The summed E-state index contributed by atoms with van der Waals surface area (Å²) in [6.45, 7) is -0.624. The summed E-state index contributed by atoms with van der Waals surface area (Å²) in [5.41, 5.74) is 0. The van der Waals surface area contributed by atoms with Crippen molar-refractivity contribution in [1.29, 1.82) is 0 Å². The first kappa shape index (κ1) is 13.8. The maximum atomic E-state index is 10.8. The molecule has 0 aromatic rings. The molecule has 9 heteroatoms. The normalized spacial score (nSPS) is 40.9. The number of ether oxygens (including phenoxy) is 1. The third kappa shape index (κ3) is 3.10. The molecule has 0 aromatic heterocycles. The minimum Gasteiger partial charge on any atom is -0.394 e. The van der Waals surface area contributed by atoms with Gasteiger partial charge in [-0.2, -0.15) is 8.42 Å². The Labute approximate surface area is 92.2 Å². The highest BCUT2D eigenvalue weighted by atomic mass is 32.2. The lowest BCUT2D eigenvalue weighted by atomic mass is 9.99. The SMILES string of the molecule is CS(=O)(=O)O[C@H]1C(O)O[C@H](CO)[C@@H](O)[C@@H]1O. The van der Waals surface area contributed by atoms with E-state index < -0.39 is 47.4 Å². The van der Waals surface area contributed by atoms with Crippen molar-refractivity contribution in [3.63, 3.8) is 0 Å². The highest BCUT2D eigenvalue weighted by Gasteiger charge is 2.45. The molecule has 0 amide bonds. The fraction of sp³-hybridized carbons (Fsp3) is 1.00. The van der Waals surface area contributed by atoms with Gasteiger partial charge in [-0.3, -0.25) is 4.18 Å². The van der Waals surface area contributed by atoms with Gasteiger partial charge in [0.15, 0.2) is 12.4 Å². The van der Waals surface area contributed by atoms with Crippen molar-refractivity contribution >= 4 is 10.1 Å². The van der Waals surface area contributed by atoms with Crippen LogP contribution >= 0.6 is 0 Å². The van der Waals surface area contributed by atoms with Crippen molar-refractivity contribution in [3.8, 4) is 0 Å². The molecule has 0 radical (unpaired) electrons. The average molecular weight is 258 g/mol. The first-order valence-electron chi connectivity index (χ1n) is 4.45. The van der Waals surface area contributed by atoms with E-state index in [0.29, 0.717) is 0 Å². The van der Waals surface area contributed by atoms with Gasteiger partial charge in [0.25, 0.3) is 10.1 Å². The van der Waals surface area contributed by atoms with Gasteiger partial charge < -0.3 is 25.2 Å². The maximum absolute atomic E-state index is 10.8. The van der Waals surface area contributed by atoms with E-state index in [1.165, 1.54) is 0 Å². The molecule has 5 atom stereocenters. The van der Waals surface area contributed by atoms with Gasteiger partial charge in [-0.1, -0.05) is 0 Å². The fourth-order valence-corrected chi connectivity index (χ4v) is 1.99. The summed E-state index contributed by atoms with van der Waals surface area (Å²) < 4.78 is 30.7. The van der Waals surface area contributed by atoms with Gasteiger partial charge in [0.2, 0.25) is 0 Å². The fourth-order valence-electron chi connectivity index (χ4n) is 1.38. The minimum absolute atomic E-state index is 0.624. The van der Waals surface area contributed by atoms with Crippen LogP contribution in [-0.4, -0.2) is 72.4 Å². The number of hydrogen-bond acceptors (Lipinski definition) is 8. The Kier molecular flexibility index (Phi) is 4.23. The van der Waals surface area contributed by atoms with Gasteiger partial charge in [0, 0.05) is 0 Å². The molecule has 0 saturated carbocycles. The van der Waals surface area contributed by atoms with Crippen LogP contribution in [0.5, 0.6) is 0 Å². The second-order valence-electron chi connectivity index (χ2n) is 3.49. The molecule has 1 rings (SSSR count). The third-order valence-electron chi connectivity index (χ3n) is 2.13. The number of aliphatic hydroxyl groups excluding tert-OH is 4. The topological polar surface area (TPSA) is 134 Å². The molecule has 4 N–H and O–H groups in total. The molecule has 1 heterocycles. The van der Waals surface area contributed by atoms with Gasteiger partial charge in [-0.25, -0.2) is 0 Å². The standard InChI is InChI=1S/C7H14O8S/c1-16(12,13)15-6-5(10)4(9)3(2-8)14-7(6)11/h3-11H,2H2,1H3/t3-,4-,5+,6-,7?/m1/s1.